The molecule has 3 unspecified atom stereocenters. The van der Waals surface area contributed by atoms with Crippen LogP contribution in [0.5, 0.6) is 0 Å². The summed E-state index contributed by atoms with van der Waals surface area (Å²) < 4.78 is 0. The maximum absolute atomic E-state index is 4.21. The highest BCUT2D eigenvalue weighted by Crippen LogP contribution is 2.45. The van der Waals surface area contributed by atoms with Gasteiger partial charge in [0.1, 0.15) is 0 Å². The molecule has 0 bridgehead atoms. The lowest BCUT2D eigenvalue weighted by molar-refractivity contribution is 0.476. The Labute approximate surface area is 77.5 Å². The number of hydrogen-bond acceptors (Lipinski definition) is 4. The summed E-state index contributed by atoms with van der Waals surface area (Å²) in [7, 11) is 3.74. The minimum atomic E-state index is 0.281. The van der Waals surface area contributed by atoms with Gasteiger partial charge in [0.05, 0.1) is 13.1 Å². The molecule has 72 valence electrons. The van der Waals surface area contributed by atoms with Crippen molar-refractivity contribution in [1.29, 1.82) is 0 Å². The van der Waals surface area contributed by atoms with E-state index in [9.17, 15) is 0 Å². The molecule has 0 aromatic carbocycles. The van der Waals surface area contributed by atoms with Crippen LogP contribution < -0.4 is 5.32 Å². The zero-order chi connectivity index (χ0) is 9.42. The Morgan fingerprint density at radius 3 is 2.69 bits per heavy atom. The molecule has 1 aliphatic carbocycles. The standard InChI is InChI=1S/C8H15N5/c1-5-4-6(5)7(9-2)8-10-12-13(3)11-8/h5-7,9H,4H2,1-3H3. The summed E-state index contributed by atoms with van der Waals surface area (Å²) in [6.45, 7) is 2.26. The van der Waals surface area contributed by atoms with Gasteiger partial charge in [-0.2, -0.15) is 4.80 Å². The van der Waals surface area contributed by atoms with E-state index in [-0.39, 0.29) is 6.04 Å². The highest BCUT2D eigenvalue weighted by molar-refractivity contribution is 5.01. The molecule has 2 rings (SSSR count). The van der Waals surface area contributed by atoms with Crippen LogP contribution in [0.25, 0.3) is 0 Å². The van der Waals surface area contributed by atoms with Gasteiger partial charge in [-0.05, 0) is 30.5 Å². The van der Waals surface area contributed by atoms with E-state index in [0.29, 0.717) is 5.92 Å². The second-order valence-corrected chi connectivity index (χ2v) is 3.78. The van der Waals surface area contributed by atoms with Crippen LogP contribution in [-0.4, -0.2) is 27.3 Å². The highest BCUT2D eigenvalue weighted by atomic mass is 15.6. The summed E-state index contributed by atoms with van der Waals surface area (Å²) in [5.41, 5.74) is 0. The van der Waals surface area contributed by atoms with E-state index in [1.54, 1.807) is 7.05 Å². The largest absolute Gasteiger partial charge is 0.310 e. The number of tetrazole rings is 1. The van der Waals surface area contributed by atoms with Gasteiger partial charge in [-0.1, -0.05) is 6.92 Å². The number of hydrogen-bond donors (Lipinski definition) is 1. The third-order valence-electron chi connectivity index (χ3n) is 2.71. The number of nitrogens with zero attached hydrogens (tertiary/aromatic N) is 4. The van der Waals surface area contributed by atoms with E-state index in [2.05, 4.69) is 27.7 Å². The van der Waals surface area contributed by atoms with Crippen molar-refractivity contribution in [2.24, 2.45) is 18.9 Å². The zero-order valence-electron chi connectivity index (χ0n) is 8.23. The molecule has 3 atom stereocenters. The summed E-state index contributed by atoms with van der Waals surface area (Å²) in [4.78, 5) is 1.51. The molecule has 0 amide bonds. The van der Waals surface area contributed by atoms with Crippen molar-refractivity contribution < 1.29 is 0 Å². The zero-order valence-corrected chi connectivity index (χ0v) is 8.23. The van der Waals surface area contributed by atoms with Gasteiger partial charge in [0.15, 0.2) is 5.82 Å². The van der Waals surface area contributed by atoms with Crippen LogP contribution >= 0.6 is 0 Å². The van der Waals surface area contributed by atoms with Gasteiger partial charge in [-0.3, -0.25) is 0 Å². The van der Waals surface area contributed by atoms with Crippen molar-refractivity contribution in [3.8, 4) is 0 Å². The van der Waals surface area contributed by atoms with Crippen molar-refractivity contribution in [2.45, 2.75) is 19.4 Å². The fourth-order valence-electron chi connectivity index (χ4n) is 1.77. The molecule has 0 aliphatic heterocycles. The number of aryl methyl sites for hydroxylation is 1. The third-order valence-corrected chi connectivity index (χ3v) is 2.71. The van der Waals surface area contributed by atoms with Crippen LogP contribution in [0.2, 0.25) is 0 Å². The van der Waals surface area contributed by atoms with E-state index in [1.165, 1.54) is 11.2 Å². The van der Waals surface area contributed by atoms with Gasteiger partial charge in [0.25, 0.3) is 0 Å². The smallest absolute Gasteiger partial charge is 0.191 e. The Kier molecular flexibility index (Phi) is 2.03. The number of nitrogens with one attached hydrogen (secondary N) is 1. The molecule has 1 aromatic heterocycles. The lowest BCUT2D eigenvalue weighted by atomic mass is 10.1. The molecule has 1 aromatic rings. The Hall–Kier alpha value is -0.970. The monoisotopic (exact) mass is 181 g/mol. The first-order valence-electron chi connectivity index (χ1n) is 4.63. The topological polar surface area (TPSA) is 55.6 Å². The molecule has 1 aliphatic rings. The van der Waals surface area contributed by atoms with Crippen LogP contribution in [-0.2, 0) is 7.05 Å². The summed E-state index contributed by atoms with van der Waals surface area (Å²) >= 11 is 0. The van der Waals surface area contributed by atoms with E-state index < -0.39 is 0 Å². The van der Waals surface area contributed by atoms with Gasteiger partial charge < -0.3 is 5.32 Å². The van der Waals surface area contributed by atoms with Gasteiger partial charge >= 0.3 is 0 Å². The molecule has 1 saturated carbocycles. The molecule has 0 radical (unpaired) electrons. The van der Waals surface area contributed by atoms with Crippen molar-refractivity contribution in [1.82, 2.24) is 25.5 Å². The maximum Gasteiger partial charge on any atom is 0.191 e. The van der Waals surface area contributed by atoms with Crippen molar-refractivity contribution >= 4 is 0 Å². The minimum absolute atomic E-state index is 0.281. The molecule has 1 fully saturated rings. The summed E-state index contributed by atoms with van der Waals surface area (Å²) in [5, 5.41) is 15.3. The number of aromatic nitrogens is 4. The van der Waals surface area contributed by atoms with Crippen molar-refractivity contribution in [2.75, 3.05) is 7.05 Å². The van der Waals surface area contributed by atoms with E-state index in [1.807, 2.05) is 7.05 Å². The maximum atomic E-state index is 4.21. The van der Waals surface area contributed by atoms with Gasteiger partial charge in [-0.25, -0.2) is 0 Å². The van der Waals surface area contributed by atoms with Crippen LogP contribution in [0.4, 0.5) is 0 Å². The molecule has 0 saturated heterocycles. The van der Waals surface area contributed by atoms with E-state index >= 15 is 0 Å². The van der Waals surface area contributed by atoms with Crippen LogP contribution in [0.1, 0.15) is 25.2 Å². The van der Waals surface area contributed by atoms with Crippen molar-refractivity contribution in [3.63, 3.8) is 0 Å². The fourth-order valence-corrected chi connectivity index (χ4v) is 1.77. The molecular formula is C8H15N5. The molecule has 5 nitrogen and oxygen atoms in total. The Morgan fingerprint density at radius 2 is 2.31 bits per heavy atom. The quantitative estimate of drug-likeness (QED) is 0.720. The second kappa shape index (κ2) is 3.06. The first-order valence-corrected chi connectivity index (χ1v) is 4.63. The van der Waals surface area contributed by atoms with Gasteiger partial charge in [0, 0.05) is 0 Å². The van der Waals surface area contributed by atoms with E-state index in [0.717, 1.165) is 11.7 Å². The van der Waals surface area contributed by atoms with Crippen LogP contribution in [0.15, 0.2) is 0 Å². The van der Waals surface area contributed by atoms with Crippen LogP contribution in [0.3, 0.4) is 0 Å². The lowest BCUT2D eigenvalue weighted by Crippen LogP contribution is -2.20. The highest BCUT2D eigenvalue weighted by Gasteiger charge is 2.41. The molecule has 13 heavy (non-hydrogen) atoms. The Bertz CT molecular complexity index is 294. The molecular weight excluding hydrogens is 166 g/mol. The first kappa shape index (κ1) is 8.62. The minimum Gasteiger partial charge on any atom is -0.310 e. The van der Waals surface area contributed by atoms with Gasteiger partial charge in [-0.15, -0.1) is 10.2 Å². The molecule has 1 heterocycles. The average molecular weight is 181 g/mol. The summed E-state index contributed by atoms with van der Waals surface area (Å²) in [6, 6.07) is 0.281. The van der Waals surface area contributed by atoms with Gasteiger partial charge in [0.2, 0.25) is 0 Å². The predicted molar refractivity (Wildman–Crippen MR) is 47.9 cm³/mol. The molecule has 5 heteroatoms. The van der Waals surface area contributed by atoms with Crippen LogP contribution in [0, 0.1) is 11.8 Å². The van der Waals surface area contributed by atoms with E-state index in [4.69, 9.17) is 0 Å². The average Bonchev–Trinajstić information content (AvgIpc) is 2.62. The second-order valence-electron chi connectivity index (χ2n) is 3.78. The predicted octanol–water partition coefficient (Wildman–Crippen LogP) is 0.127. The first-order chi connectivity index (χ1) is 6.22. The number of rotatable bonds is 3. The summed E-state index contributed by atoms with van der Waals surface area (Å²) in [5.74, 6) is 2.30. The SMILES string of the molecule is CNC(c1nnn(C)n1)C1CC1C. The lowest BCUT2D eigenvalue weighted by Gasteiger charge is -2.10. The Balaban J connectivity index is 2.13. The molecule has 1 N–H and O–H groups in total. The Morgan fingerprint density at radius 1 is 1.62 bits per heavy atom. The summed E-state index contributed by atoms with van der Waals surface area (Å²) in [6.07, 6.45) is 1.27. The molecule has 0 spiro atoms. The fraction of sp³-hybridized carbons (Fsp3) is 0.875. The van der Waals surface area contributed by atoms with Crippen molar-refractivity contribution in [3.05, 3.63) is 5.82 Å². The third kappa shape index (κ3) is 1.56. The normalized spacial score (nSPS) is 28.8.